The van der Waals surface area contributed by atoms with Gasteiger partial charge in [0, 0.05) is 28.2 Å². The van der Waals surface area contributed by atoms with E-state index in [4.69, 9.17) is 23.2 Å². The van der Waals surface area contributed by atoms with Gasteiger partial charge in [-0.3, -0.25) is 4.79 Å². The summed E-state index contributed by atoms with van der Waals surface area (Å²) in [6.45, 7) is 4.57. The Hall–Kier alpha value is -1.61. The number of aromatic nitrogens is 4. The van der Waals surface area contributed by atoms with E-state index in [1.54, 1.807) is 18.3 Å². The molecule has 0 bridgehead atoms. The molecule has 10 heteroatoms. The number of benzene rings is 1. The molecule has 0 unspecified atom stereocenters. The zero-order valence-corrected chi connectivity index (χ0v) is 17.1. The maximum Gasteiger partial charge on any atom is 0.236 e. The number of hydrogen-bond donors (Lipinski definition) is 1. The number of thiazole rings is 1. The van der Waals surface area contributed by atoms with Gasteiger partial charge in [0.15, 0.2) is 16.1 Å². The van der Waals surface area contributed by atoms with Gasteiger partial charge in [0.05, 0.1) is 10.8 Å². The van der Waals surface area contributed by atoms with Crippen molar-refractivity contribution in [1.29, 1.82) is 0 Å². The number of aryl methyl sites for hydroxylation is 1. The van der Waals surface area contributed by atoms with E-state index in [9.17, 15) is 4.79 Å². The van der Waals surface area contributed by atoms with E-state index in [2.05, 4.69) is 20.5 Å². The zero-order chi connectivity index (χ0) is 18.7. The fourth-order valence-corrected chi connectivity index (χ4v) is 4.22. The summed E-state index contributed by atoms with van der Waals surface area (Å²) in [5.74, 6) is 0.721. The zero-order valence-electron chi connectivity index (χ0n) is 14.0. The van der Waals surface area contributed by atoms with Crippen molar-refractivity contribution in [2.24, 2.45) is 0 Å². The van der Waals surface area contributed by atoms with E-state index in [0.717, 1.165) is 10.4 Å². The molecule has 0 aliphatic heterocycles. The first-order chi connectivity index (χ1) is 12.5. The number of carbonyl (C=O) groups is 1. The van der Waals surface area contributed by atoms with Gasteiger partial charge in [-0.15, -0.1) is 21.5 Å². The lowest BCUT2D eigenvalue weighted by Crippen LogP contribution is -2.14. The summed E-state index contributed by atoms with van der Waals surface area (Å²) >= 11 is 15.0. The Morgan fingerprint density at radius 3 is 2.81 bits per heavy atom. The van der Waals surface area contributed by atoms with Crippen molar-refractivity contribution in [1.82, 2.24) is 19.7 Å². The lowest BCUT2D eigenvalue weighted by molar-refractivity contribution is -0.113. The predicted octanol–water partition coefficient (Wildman–Crippen LogP) is 4.77. The van der Waals surface area contributed by atoms with Gasteiger partial charge in [-0.1, -0.05) is 35.0 Å². The molecule has 2 aromatic heterocycles. The maximum atomic E-state index is 12.1. The number of thioether (sulfide) groups is 1. The summed E-state index contributed by atoms with van der Waals surface area (Å²) in [5, 5.41) is 13.5. The molecule has 0 atom stereocenters. The maximum absolute atomic E-state index is 12.1. The molecule has 1 aromatic carbocycles. The number of nitrogens with zero attached hydrogens (tertiary/aromatic N) is 4. The van der Waals surface area contributed by atoms with Gasteiger partial charge in [0.2, 0.25) is 5.91 Å². The Morgan fingerprint density at radius 2 is 2.15 bits per heavy atom. The molecule has 0 radical (unpaired) electrons. The van der Waals surface area contributed by atoms with Crippen molar-refractivity contribution in [3.05, 3.63) is 39.3 Å². The molecular weight excluding hydrogens is 413 g/mol. The highest BCUT2D eigenvalue weighted by Crippen LogP contribution is 2.31. The highest BCUT2D eigenvalue weighted by Gasteiger charge is 2.17. The highest BCUT2D eigenvalue weighted by molar-refractivity contribution is 7.99. The largest absolute Gasteiger partial charge is 0.302 e. The molecule has 0 saturated carbocycles. The summed E-state index contributed by atoms with van der Waals surface area (Å²) in [5.41, 5.74) is 0.750. The van der Waals surface area contributed by atoms with Crippen LogP contribution in [0.1, 0.15) is 11.8 Å². The lowest BCUT2D eigenvalue weighted by atomic mass is 10.2. The minimum atomic E-state index is -0.138. The smallest absolute Gasteiger partial charge is 0.236 e. The average molecular weight is 428 g/mol. The van der Waals surface area contributed by atoms with Crippen LogP contribution in [0.15, 0.2) is 29.6 Å². The van der Waals surface area contributed by atoms with Crippen LogP contribution in [0.25, 0.3) is 11.4 Å². The van der Waals surface area contributed by atoms with Crippen molar-refractivity contribution in [2.45, 2.75) is 25.5 Å². The van der Waals surface area contributed by atoms with Crippen LogP contribution >= 0.6 is 46.3 Å². The van der Waals surface area contributed by atoms with Crippen LogP contribution in [0.5, 0.6) is 0 Å². The van der Waals surface area contributed by atoms with Gasteiger partial charge in [0.25, 0.3) is 0 Å². The van der Waals surface area contributed by atoms with Gasteiger partial charge in [-0.25, -0.2) is 4.98 Å². The first-order valence-corrected chi connectivity index (χ1v) is 10.3. The van der Waals surface area contributed by atoms with Gasteiger partial charge < -0.3 is 9.88 Å². The van der Waals surface area contributed by atoms with Crippen LogP contribution < -0.4 is 5.32 Å². The number of carbonyl (C=O) groups excluding carboxylic acids is 1. The molecule has 0 spiro atoms. The molecule has 0 fully saturated rings. The standard InChI is InChI=1S/C16H15Cl2N5OS2/c1-3-23-14(11-5-4-10(17)6-12(11)18)21-22-16(23)25-8-13(24)20-15-19-7-9(2)26-15/h4-7H,3,8H2,1-2H3,(H,19,20,24). The number of amides is 1. The van der Waals surface area contributed by atoms with Crippen molar-refractivity contribution in [3.8, 4) is 11.4 Å². The topological polar surface area (TPSA) is 72.7 Å². The van der Waals surface area contributed by atoms with Gasteiger partial charge in [-0.2, -0.15) is 0 Å². The summed E-state index contributed by atoms with van der Waals surface area (Å²) in [4.78, 5) is 17.3. The van der Waals surface area contributed by atoms with Crippen molar-refractivity contribution in [3.63, 3.8) is 0 Å². The summed E-state index contributed by atoms with van der Waals surface area (Å²) < 4.78 is 1.92. The Bertz CT molecular complexity index is 941. The number of halogens is 2. The highest BCUT2D eigenvalue weighted by atomic mass is 35.5. The molecular formula is C16H15Cl2N5OS2. The van der Waals surface area contributed by atoms with Crippen molar-refractivity contribution in [2.75, 3.05) is 11.1 Å². The van der Waals surface area contributed by atoms with Crippen LogP contribution in [0, 0.1) is 6.92 Å². The molecule has 1 N–H and O–H groups in total. The summed E-state index contributed by atoms with van der Waals surface area (Å²) in [6, 6.07) is 5.24. The second-order valence-corrected chi connectivity index (χ2v) is 8.31. The van der Waals surface area contributed by atoms with Crippen LogP contribution in [0.4, 0.5) is 5.13 Å². The molecule has 3 aromatic rings. The molecule has 1 amide bonds. The number of anilines is 1. The molecule has 26 heavy (non-hydrogen) atoms. The Kier molecular flexibility index (Phi) is 6.18. The van der Waals surface area contributed by atoms with Gasteiger partial charge in [-0.05, 0) is 32.0 Å². The van der Waals surface area contributed by atoms with E-state index in [-0.39, 0.29) is 11.7 Å². The molecule has 136 valence electrons. The third kappa shape index (κ3) is 4.37. The van der Waals surface area contributed by atoms with E-state index in [1.165, 1.54) is 23.1 Å². The minimum absolute atomic E-state index is 0.138. The Balaban J connectivity index is 1.73. The molecule has 0 aliphatic rings. The van der Waals surface area contributed by atoms with Crippen molar-refractivity contribution < 1.29 is 4.79 Å². The first kappa shape index (κ1) is 19.2. The van der Waals surface area contributed by atoms with Crippen LogP contribution in [0.2, 0.25) is 10.0 Å². The number of rotatable bonds is 6. The van der Waals surface area contributed by atoms with Gasteiger partial charge >= 0.3 is 0 Å². The summed E-state index contributed by atoms with van der Waals surface area (Å²) in [6.07, 6.45) is 1.73. The average Bonchev–Trinajstić information content (AvgIpc) is 3.18. The monoisotopic (exact) mass is 427 g/mol. The molecule has 0 aliphatic carbocycles. The van der Waals surface area contributed by atoms with Crippen LogP contribution in [-0.4, -0.2) is 31.4 Å². The first-order valence-electron chi connectivity index (χ1n) is 7.71. The lowest BCUT2D eigenvalue weighted by Gasteiger charge is -2.08. The van der Waals surface area contributed by atoms with E-state index in [0.29, 0.717) is 32.7 Å². The van der Waals surface area contributed by atoms with Crippen molar-refractivity contribution >= 4 is 57.3 Å². The van der Waals surface area contributed by atoms with Crippen LogP contribution in [0.3, 0.4) is 0 Å². The molecule has 6 nitrogen and oxygen atoms in total. The third-order valence-corrected chi connectivity index (χ3v) is 5.75. The predicted molar refractivity (Wildman–Crippen MR) is 107 cm³/mol. The normalized spacial score (nSPS) is 10.9. The van der Waals surface area contributed by atoms with Gasteiger partial charge in [0.1, 0.15) is 0 Å². The number of nitrogens with one attached hydrogen (secondary N) is 1. The molecule has 3 rings (SSSR count). The quantitative estimate of drug-likeness (QED) is 0.573. The molecule has 0 saturated heterocycles. The van der Waals surface area contributed by atoms with E-state index in [1.807, 2.05) is 24.5 Å². The Labute approximate surface area is 168 Å². The second kappa shape index (κ2) is 8.39. The summed E-state index contributed by atoms with van der Waals surface area (Å²) in [7, 11) is 0. The third-order valence-electron chi connectivity index (χ3n) is 3.41. The van der Waals surface area contributed by atoms with Crippen LogP contribution in [-0.2, 0) is 11.3 Å². The number of hydrogen-bond acceptors (Lipinski definition) is 6. The second-order valence-electron chi connectivity index (χ2n) is 5.29. The van der Waals surface area contributed by atoms with E-state index >= 15 is 0 Å². The Morgan fingerprint density at radius 1 is 1.35 bits per heavy atom. The SMILES string of the molecule is CCn1c(SCC(=O)Nc2ncc(C)s2)nnc1-c1ccc(Cl)cc1Cl. The fourth-order valence-electron chi connectivity index (χ4n) is 2.25. The van der Waals surface area contributed by atoms with E-state index < -0.39 is 0 Å². The minimum Gasteiger partial charge on any atom is -0.302 e. The fraction of sp³-hybridized carbons (Fsp3) is 0.250. The molecule has 2 heterocycles.